The fourth-order valence-electron chi connectivity index (χ4n) is 0.912. The van der Waals surface area contributed by atoms with Crippen molar-refractivity contribution >= 4 is 28.8 Å². The largest absolute Gasteiger partial charge is 0.283 e. The van der Waals surface area contributed by atoms with Crippen LogP contribution in [0.25, 0.3) is 5.65 Å². The predicted molar refractivity (Wildman–Crippen MR) is 45.8 cm³/mol. The van der Waals surface area contributed by atoms with Crippen molar-refractivity contribution in [3.63, 3.8) is 0 Å². The van der Waals surface area contributed by atoms with Gasteiger partial charge in [-0.25, -0.2) is 9.50 Å². The molecule has 0 amide bonds. The van der Waals surface area contributed by atoms with Gasteiger partial charge < -0.3 is 0 Å². The molecule has 0 saturated heterocycles. The van der Waals surface area contributed by atoms with Crippen LogP contribution in [0.2, 0.25) is 10.0 Å². The van der Waals surface area contributed by atoms with E-state index in [9.17, 15) is 4.79 Å². The maximum Gasteiger partial charge on any atom is 0.283 e. The van der Waals surface area contributed by atoms with E-state index in [1.54, 1.807) is 6.20 Å². The van der Waals surface area contributed by atoms with Crippen LogP contribution in [-0.2, 0) is 0 Å². The van der Waals surface area contributed by atoms with Crippen LogP contribution in [0, 0.1) is 0 Å². The summed E-state index contributed by atoms with van der Waals surface area (Å²) in [5.74, 6) is 0. The Kier molecular flexibility index (Phi) is 1.59. The van der Waals surface area contributed by atoms with Gasteiger partial charge in [0.25, 0.3) is 5.56 Å². The minimum absolute atomic E-state index is 0.0321. The van der Waals surface area contributed by atoms with Gasteiger partial charge in [0.15, 0.2) is 5.65 Å². The summed E-state index contributed by atoms with van der Waals surface area (Å²) in [6, 6.07) is 0. The first kappa shape index (κ1) is 7.64. The van der Waals surface area contributed by atoms with Crippen LogP contribution >= 0.6 is 23.2 Å². The molecule has 1 N–H and O–H groups in total. The third-order valence-corrected chi connectivity index (χ3v) is 2.27. The summed E-state index contributed by atoms with van der Waals surface area (Å²) < 4.78 is 1.41. The molecule has 0 radical (unpaired) electrons. The van der Waals surface area contributed by atoms with Crippen molar-refractivity contribution in [3.8, 4) is 0 Å². The summed E-state index contributed by atoms with van der Waals surface area (Å²) in [6.45, 7) is 0. The lowest BCUT2D eigenvalue weighted by Crippen LogP contribution is -2.11. The van der Waals surface area contributed by atoms with Crippen LogP contribution in [0.4, 0.5) is 0 Å². The molecule has 12 heavy (non-hydrogen) atoms. The van der Waals surface area contributed by atoms with Crippen molar-refractivity contribution < 1.29 is 0 Å². The highest BCUT2D eigenvalue weighted by Crippen LogP contribution is 2.20. The number of aromatic nitrogens is 3. The normalized spacial score (nSPS) is 10.8. The summed E-state index contributed by atoms with van der Waals surface area (Å²) in [5, 5.41) is 2.60. The quantitative estimate of drug-likeness (QED) is 0.703. The number of aromatic amines is 1. The Balaban J connectivity index is 3.04. The van der Waals surface area contributed by atoms with Gasteiger partial charge in [-0.2, -0.15) is 0 Å². The second-order valence-corrected chi connectivity index (χ2v) is 2.95. The maximum absolute atomic E-state index is 11.0. The number of hydrogen-bond acceptors (Lipinski definition) is 2. The molecule has 2 rings (SSSR count). The van der Waals surface area contributed by atoms with Gasteiger partial charge in [-0.3, -0.25) is 9.89 Å². The van der Waals surface area contributed by atoms with Gasteiger partial charge in [0.2, 0.25) is 0 Å². The number of imidazole rings is 1. The fourth-order valence-corrected chi connectivity index (χ4v) is 1.26. The zero-order valence-corrected chi connectivity index (χ0v) is 7.23. The molecule has 0 aliphatic carbocycles. The van der Waals surface area contributed by atoms with Crippen molar-refractivity contribution in [2.24, 2.45) is 0 Å². The van der Waals surface area contributed by atoms with Crippen LogP contribution in [-0.4, -0.2) is 14.6 Å². The Labute approximate surface area is 76.7 Å². The standard InChI is InChI=1S/C6H3Cl2N3O/c7-3-4(8)6(12)10-11-2-1-9-5(3)11/h1-2H,(H,10,12). The first-order valence-electron chi connectivity index (χ1n) is 3.10. The van der Waals surface area contributed by atoms with E-state index in [-0.39, 0.29) is 10.0 Å². The van der Waals surface area contributed by atoms with Gasteiger partial charge in [-0.05, 0) is 0 Å². The summed E-state index contributed by atoms with van der Waals surface area (Å²) in [6.07, 6.45) is 3.10. The molecular formula is C6H3Cl2N3O. The molecule has 0 aliphatic heterocycles. The van der Waals surface area contributed by atoms with E-state index in [0.29, 0.717) is 5.65 Å². The van der Waals surface area contributed by atoms with Gasteiger partial charge in [-0.1, -0.05) is 23.2 Å². The van der Waals surface area contributed by atoms with Crippen molar-refractivity contribution in [1.29, 1.82) is 0 Å². The smallest absolute Gasteiger partial charge is 0.266 e. The minimum Gasteiger partial charge on any atom is -0.266 e. The highest BCUT2D eigenvalue weighted by atomic mass is 35.5. The van der Waals surface area contributed by atoms with Gasteiger partial charge in [0.1, 0.15) is 10.0 Å². The molecule has 0 aromatic carbocycles. The molecule has 0 saturated carbocycles. The summed E-state index contributed by atoms with van der Waals surface area (Å²) in [7, 11) is 0. The van der Waals surface area contributed by atoms with E-state index in [2.05, 4.69) is 10.1 Å². The number of hydrogen-bond donors (Lipinski definition) is 1. The molecule has 4 nitrogen and oxygen atoms in total. The Hall–Kier alpha value is -1.000. The molecule has 0 atom stereocenters. The molecule has 62 valence electrons. The molecule has 0 bridgehead atoms. The van der Waals surface area contributed by atoms with E-state index in [1.165, 1.54) is 10.7 Å². The van der Waals surface area contributed by atoms with Crippen LogP contribution < -0.4 is 5.56 Å². The van der Waals surface area contributed by atoms with Crippen LogP contribution in [0.15, 0.2) is 17.2 Å². The predicted octanol–water partition coefficient (Wildman–Crippen LogP) is 1.33. The van der Waals surface area contributed by atoms with Crippen molar-refractivity contribution in [2.45, 2.75) is 0 Å². The lowest BCUT2D eigenvalue weighted by molar-refractivity contribution is 0.905. The Bertz CT molecular complexity index is 487. The lowest BCUT2D eigenvalue weighted by Gasteiger charge is -1.96. The highest BCUT2D eigenvalue weighted by Gasteiger charge is 2.08. The number of H-pyrrole nitrogens is 1. The average molecular weight is 204 g/mol. The summed E-state index contributed by atoms with van der Waals surface area (Å²) in [5.41, 5.74) is 0.0217. The second kappa shape index (κ2) is 2.50. The van der Waals surface area contributed by atoms with Gasteiger partial charge >= 0.3 is 0 Å². The monoisotopic (exact) mass is 203 g/mol. The number of fused-ring (bicyclic) bond motifs is 1. The van der Waals surface area contributed by atoms with E-state index in [0.717, 1.165) is 0 Å². The Morgan fingerprint density at radius 1 is 1.42 bits per heavy atom. The van der Waals surface area contributed by atoms with E-state index < -0.39 is 5.56 Å². The molecule has 0 fully saturated rings. The first-order chi connectivity index (χ1) is 5.70. The molecule has 2 heterocycles. The molecular weight excluding hydrogens is 201 g/mol. The zero-order valence-electron chi connectivity index (χ0n) is 5.71. The first-order valence-corrected chi connectivity index (χ1v) is 3.86. The molecule has 0 aliphatic rings. The SMILES string of the molecule is O=c1[nH]n2ccnc2c(Cl)c1Cl. The molecule has 2 aromatic heterocycles. The fraction of sp³-hybridized carbons (Fsp3) is 0. The lowest BCUT2D eigenvalue weighted by atomic mass is 10.5. The summed E-state index contributed by atoms with van der Waals surface area (Å²) >= 11 is 11.3. The number of nitrogens with one attached hydrogen (secondary N) is 1. The maximum atomic E-state index is 11.0. The topological polar surface area (TPSA) is 50.2 Å². The van der Waals surface area contributed by atoms with Crippen LogP contribution in [0.3, 0.4) is 0 Å². The Morgan fingerprint density at radius 2 is 2.17 bits per heavy atom. The molecule has 2 aromatic rings. The van der Waals surface area contributed by atoms with E-state index in [1.807, 2.05) is 0 Å². The molecule has 0 spiro atoms. The summed E-state index contributed by atoms with van der Waals surface area (Å²) in [4.78, 5) is 14.9. The number of halogens is 2. The average Bonchev–Trinajstić information content (AvgIpc) is 2.48. The second-order valence-electron chi connectivity index (χ2n) is 2.19. The van der Waals surface area contributed by atoms with Gasteiger partial charge in [0.05, 0.1) is 0 Å². The number of rotatable bonds is 0. The highest BCUT2D eigenvalue weighted by molar-refractivity contribution is 6.43. The van der Waals surface area contributed by atoms with Crippen molar-refractivity contribution in [3.05, 3.63) is 32.8 Å². The van der Waals surface area contributed by atoms with Crippen LogP contribution in [0.5, 0.6) is 0 Å². The minimum atomic E-state index is -0.424. The molecule has 6 heteroatoms. The zero-order chi connectivity index (χ0) is 8.72. The van der Waals surface area contributed by atoms with Crippen molar-refractivity contribution in [1.82, 2.24) is 14.6 Å². The van der Waals surface area contributed by atoms with Gasteiger partial charge in [-0.15, -0.1) is 0 Å². The number of nitrogens with zero attached hydrogens (tertiary/aromatic N) is 2. The van der Waals surface area contributed by atoms with Gasteiger partial charge in [0, 0.05) is 12.4 Å². The van der Waals surface area contributed by atoms with E-state index >= 15 is 0 Å². The third-order valence-electron chi connectivity index (χ3n) is 1.45. The molecule has 0 unspecified atom stereocenters. The van der Waals surface area contributed by atoms with Crippen LogP contribution in [0.1, 0.15) is 0 Å². The Morgan fingerprint density at radius 3 is 2.92 bits per heavy atom. The third kappa shape index (κ3) is 0.922. The van der Waals surface area contributed by atoms with E-state index in [4.69, 9.17) is 23.2 Å². The van der Waals surface area contributed by atoms with Crippen molar-refractivity contribution in [2.75, 3.05) is 0 Å².